The van der Waals surface area contributed by atoms with Gasteiger partial charge < -0.3 is 10.3 Å². The summed E-state index contributed by atoms with van der Waals surface area (Å²) in [5.74, 6) is -0.0182. The maximum absolute atomic E-state index is 12.3. The summed E-state index contributed by atoms with van der Waals surface area (Å²) in [6, 6.07) is 16.1. The fraction of sp³-hybridized carbons (Fsp3) is 0.286. The smallest absolute Gasteiger partial charge is 0.251 e. The number of rotatable bonds is 4. The molecule has 0 saturated heterocycles. The molecule has 1 aromatic heterocycles. The van der Waals surface area contributed by atoms with Crippen molar-refractivity contribution in [1.82, 2.24) is 10.3 Å². The van der Waals surface area contributed by atoms with Gasteiger partial charge in [-0.05, 0) is 41.2 Å². The van der Waals surface area contributed by atoms with Crippen LogP contribution in [0, 0.1) is 0 Å². The van der Waals surface area contributed by atoms with Gasteiger partial charge in [-0.2, -0.15) is 0 Å². The van der Waals surface area contributed by atoms with Crippen LogP contribution in [-0.4, -0.2) is 17.4 Å². The second-order valence-corrected chi connectivity index (χ2v) is 7.19. The molecule has 0 aliphatic rings. The fourth-order valence-electron chi connectivity index (χ4n) is 2.87. The van der Waals surface area contributed by atoms with E-state index in [0.29, 0.717) is 12.1 Å². The van der Waals surface area contributed by atoms with Gasteiger partial charge in [0.25, 0.3) is 5.91 Å². The molecule has 124 valence electrons. The van der Waals surface area contributed by atoms with Crippen molar-refractivity contribution in [1.29, 1.82) is 0 Å². The Morgan fingerprint density at radius 1 is 1.04 bits per heavy atom. The van der Waals surface area contributed by atoms with Crippen molar-refractivity contribution in [2.45, 2.75) is 32.6 Å². The molecule has 0 aliphatic carbocycles. The third-order valence-corrected chi connectivity index (χ3v) is 4.37. The molecular formula is C21H24N2O. The Kier molecular flexibility index (Phi) is 4.43. The van der Waals surface area contributed by atoms with Gasteiger partial charge in [0.15, 0.2) is 0 Å². The Morgan fingerprint density at radius 3 is 2.46 bits per heavy atom. The van der Waals surface area contributed by atoms with Gasteiger partial charge in [-0.25, -0.2) is 0 Å². The zero-order valence-electron chi connectivity index (χ0n) is 14.5. The number of aromatic amines is 1. The molecule has 0 unspecified atom stereocenters. The number of hydrogen-bond donors (Lipinski definition) is 2. The van der Waals surface area contributed by atoms with Gasteiger partial charge in [0.05, 0.1) is 0 Å². The van der Waals surface area contributed by atoms with E-state index in [1.807, 2.05) is 42.6 Å². The molecule has 2 N–H and O–H groups in total. The maximum atomic E-state index is 12.3. The summed E-state index contributed by atoms with van der Waals surface area (Å²) in [6.07, 6.45) is 2.84. The van der Waals surface area contributed by atoms with E-state index in [1.165, 1.54) is 16.5 Å². The summed E-state index contributed by atoms with van der Waals surface area (Å²) in [5, 5.41) is 4.23. The Hall–Kier alpha value is -2.55. The van der Waals surface area contributed by atoms with Crippen LogP contribution in [0.1, 0.15) is 42.3 Å². The van der Waals surface area contributed by atoms with Crippen LogP contribution in [0.5, 0.6) is 0 Å². The zero-order chi connectivity index (χ0) is 17.2. The Balaban J connectivity index is 1.59. The van der Waals surface area contributed by atoms with Crippen molar-refractivity contribution in [3.05, 3.63) is 71.4 Å². The van der Waals surface area contributed by atoms with E-state index < -0.39 is 0 Å². The van der Waals surface area contributed by atoms with Crippen LogP contribution in [0.2, 0.25) is 0 Å². The lowest BCUT2D eigenvalue weighted by molar-refractivity contribution is 0.0954. The normalized spacial score (nSPS) is 11.6. The van der Waals surface area contributed by atoms with E-state index in [9.17, 15) is 4.79 Å². The average Bonchev–Trinajstić information content (AvgIpc) is 2.97. The highest BCUT2D eigenvalue weighted by molar-refractivity contribution is 5.94. The van der Waals surface area contributed by atoms with Gasteiger partial charge in [-0.3, -0.25) is 4.79 Å². The molecule has 1 amide bonds. The van der Waals surface area contributed by atoms with Gasteiger partial charge in [-0.15, -0.1) is 0 Å². The molecule has 3 heteroatoms. The molecule has 0 aliphatic heterocycles. The standard InChI is InChI=1S/C21H24N2O/c1-21(2,3)17-10-8-15(9-11-17)20(24)22-13-12-16-14-23-19-7-5-4-6-18(16)19/h4-11,14,23H,12-13H2,1-3H3,(H,22,24). The number of H-pyrrole nitrogens is 1. The lowest BCUT2D eigenvalue weighted by atomic mass is 9.87. The van der Waals surface area contributed by atoms with Crippen LogP contribution < -0.4 is 5.32 Å². The molecule has 1 heterocycles. The first-order valence-electron chi connectivity index (χ1n) is 8.39. The van der Waals surface area contributed by atoms with Crippen molar-refractivity contribution < 1.29 is 4.79 Å². The first-order valence-corrected chi connectivity index (χ1v) is 8.39. The van der Waals surface area contributed by atoms with Gasteiger partial charge in [0.1, 0.15) is 0 Å². The van der Waals surface area contributed by atoms with Crippen molar-refractivity contribution in [3.63, 3.8) is 0 Å². The molecule has 0 atom stereocenters. The minimum atomic E-state index is -0.0182. The number of hydrogen-bond acceptors (Lipinski definition) is 1. The average molecular weight is 320 g/mol. The number of carbonyl (C=O) groups excluding carboxylic acids is 1. The van der Waals surface area contributed by atoms with Gasteiger partial charge >= 0.3 is 0 Å². The third-order valence-electron chi connectivity index (χ3n) is 4.37. The zero-order valence-corrected chi connectivity index (χ0v) is 14.5. The summed E-state index contributed by atoms with van der Waals surface area (Å²) in [7, 11) is 0. The van der Waals surface area contributed by atoms with Crippen LogP contribution >= 0.6 is 0 Å². The van der Waals surface area contributed by atoms with E-state index in [-0.39, 0.29) is 11.3 Å². The number of benzene rings is 2. The van der Waals surface area contributed by atoms with Crippen LogP contribution in [0.3, 0.4) is 0 Å². The van der Waals surface area contributed by atoms with Crippen LogP contribution in [0.25, 0.3) is 10.9 Å². The molecule has 0 fully saturated rings. The number of nitrogens with one attached hydrogen (secondary N) is 2. The summed E-state index contributed by atoms with van der Waals surface area (Å²) >= 11 is 0. The number of carbonyl (C=O) groups is 1. The minimum Gasteiger partial charge on any atom is -0.361 e. The predicted octanol–water partition coefficient (Wildman–Crippen LogP) is 4.44. The SMILES string of the molecule is CC(C)(C)c1ccc(C(=O)NCCc2c[nH]c3ccccc23)cc1. The van der Waals surface area contributed by atoms with Crippen LogP contribution in [-0.2, 0) is 11.8 Å². The number of para-hydroxylation sites is 1. The summed E-state index contributed by atoms with van der Waals surface area (Å²) in [6.45, 7) is 7.14. The number of amides is 1. The second kappa shape index (κ2) is 6.52. The van der Waals surface area contributed by atoms with Crippen molar-refractivity contribution in [2.24, 2.45) is 0 Å². The quantitative estimate of drug-likeness (QED) is 0.733. The predicted molar refractivity (Wildman–Crippen MR) is 99.5 cm³/mol. The second-order valence-electron chi connectivity index (χ2n) is 7.19. The monoisotopic (exact) mass is 320 g/mol. The first-order chi connectivity index (χ1) is 11.4. The van der Waals surface area contributed by atoms with Crippen molar-refractivity contribution in [2.75, 3.05) is 6.54 Å². The van der Waals surface area contributed by atoms with Crippen LogP contribution in [0.15, 0.2) is 54.7 Å². The van der Waals surface area contributed by atoms with Crippen molar-refractivity contribution in [3.8, 4) is 0 Å². The Bertz CT molecular complexity index is 838. The fourth-order valence-corrected chi connectivity index (χ4v) is 2.87. The highest BCUT2D eigenvalue weighted by Crippen LogP contribution is 2.22. The maximum Gasteiger partial charge on any atom is 0.251 e. The molecule has 0 radical (unpaired) electrons. The Morgan fingerprint density at radius 2 is 1.75 bits per heavy atom. The van der Waals surface area contributed by atoms with Crippen LogP contribution in [0.4, 0.5) is 0 Å². The van der Waals surface area contributed by atoms with E-state index in [2.05, 4.69) is 43.2 Å². The summed E-state index contributed by atoms with van der Waals surface area (Å²) < 4.78 is 0. The topological polar surface area (TPSA) is 44.9 Å². The highest BCUT2D eigenvalue weighted by Gasteiger charge is 2.14. The Labute approximate surface area is 143 Å². The van der Waals surface area contributed by atoms with Gasteiger partial charge in [0, 0.05) is 29.2 Å². The van der Waals surface area contributed by atoms with Gasteiger partial charge in [-0.1, -0.05) is 51.1 Å². The summed E-state index contributed by atoms with van der Waals surface area (Å²) in [4.78, 5) is 15.5. The number of aromatic nitrogens is 1. The molecule has 3 rings (SSSR count). The molecule has 0 saturated carbocycles. The lowest BCUT2D eigenvalue weighted by Gasteiger charge is -2.19. The third kappa shape index (κ3) is 3.51. The first kappa shape index (κ1) is 16.3. The highest BCUT2D eigenvalue weighted by atomic mass is 16.1. The molecular weight excluding hydrogens is 296 g/mol. The lowest BCUT2D eigenvalue weighted by Crippen LogP contribution is -2.25. The number of fused-ring (bicyclic) bond motifs is 1. The molecule has 3 nitrogen and oxygen atoms in total. The molecule has 24 heavy (non-hydrogen) atoms. The van der Waals surface area contributed by atoms with E-state index in [0.717, 1.165) is 11.9 Å². The van der Waals surface area contributed by atoms with E-state index >= 15 is 0 Å². The minimum absolute atomic E-state index is 0.0182. The van der Waals surface area contributed by atoms with E-state index in [4.69, 9.17) is 0 Å². The molecule has 2 aromatic carbocycles. The van der Waals surface area contributed by atoms with Gasteiger partial charge in [0.2, 0.25) is 0 Å². The summed E-state index contributed by atoms with van der Waals surface area (Å²) in [5.41, 5.74) is 4.41. The van der Waals surface area contributed by atoms with Crippen molar-refractivity contribution >= 4 is 16.8 Å². The molecule has 0 bridgehead atoms. The molecule has 0 spiro atoms. The molecule has 3 aromatic rings. The van der Waals surface area contributed by atoms with E-state index in [1.54, 1.807) is 0 Å². The largest absolute Gasteiger partial charge is 0.361 e.